The lowest BCUT2D eigenvalue weighted by molar-refractivity contribution is -0.113. The van der Waals surface area contributed by atoms with Crippen molar-refractivity contribution in [2.24, 2.45) is 17.0 Å². The molecule has 0 atom stereocenters. The minimum Gasteiger partial charge on any atom is -0.393 e. The summed E-state index contributed by atoms with van der Waals surface area (Å²) in [7, 11) is 0. The van der Waals surface area contributed by atoms with Crippen LogP contribution in [-0.4, -0.2) is 60.0 Å². The number of amides is 1. The van der Waals surface area contributed by atoms with Gasteiger partial charge in [-0.25, -0.2) is 0 Å². The van der Waals surface area contributed by atoms with Gasteiger partial charge in [0.15, 0.2) is 5.71 Å². The van der Waals surface area contributed by atoms with Crippen LogP contribution < -0.4 is 4.90 Å². The van der Waals surface area contributed by atoms with Gasteiger partial charge in [0.25, 0.3) is 5.91 Å². The van der Waals surface area contributed by atoms with E-state index in [2.05, 4.69) is 23.9 Å². The zero-order valence-corrected chi connectivity index (χ0v) is 18.3. The van der Waals surface area contributed by atoms with Crippen LogP contribution >= 0.6 is 0 Å². The smallest absolute Gasteiger partial charge is 0.281 e. The predicted octanol–water partition coefficient (Wildman–Crippen LogP) is 3.43. The van der Waals surface area contributed by atoms with E-state index in [4.69, 9.17) is 9.94 Å². The molecule has 0 spiro atoms. The molecule has 2 heterocycles. The van der Waals surface area contributed by atoms with Crippen LogP contribution in [0.3, 0.4) is 0 Å². The first-order chi connectivity index (χ1) is 14.6. The Labute approximate surface area is 179 Å². The Morgan fingerprint density at radius 1 is 1.07 bits per heavy atom. The SMILES string of the molecule is CC(C)C1CCC(N2CCC(N3C(=O)C(=NOCCO)c4ccccc43)CC2)CC1. The van der Waals surface area contributed by atoms with Gasteiger partial charge < -0.3 is 19.7 Å². The summed E-state index contributed by atoms with van der Waals surface area (Å²) in [5.74, 6) is 1.61. The molecular weight excluding hydrogens is 378 g/mol. The first kappa shape index (κ1) is 21.3. The third kappa shape index (κ3) is 4.26. The number of hydrogen-bond donors (Lipinski definition) is 1. The molecule has 1 saturated heterocycles. The highest BCUT2D eigenvalue weighted by Gasteiger charge is 2.40. The van der Waals surface area contributed by atoms with Crippen LogP contribution in [0.15, 0.2) is 29.4 Å². The van der Waals surface area contributed by atoms with Crippen molar-refractivity contribution >= 4 is 17.3 Å². The van der Waals surface area contributed by atoms with Crippen molar-refractivity contribution in [3.63, 3.8) is 0 Å². The number of fused-ring (bicyclic) bond motifs is 1. The normalized spacial score (nSPS) is 27.1. The van der Waals surface area contributed by atoms with E-state index in [9.17, 15) is 4.79 Å². The van der Waals surface area contributed by atoms with Crippen molar-refractivity contribution in [1.29, 1.82) is 0 Å². The molecule has 1 saturated carbocycles. The number of oxime groups is 1. The lowest BCUT2D eigenvalue weighted by Crippen LogP contribution is -2.50. The Morgan fingerprint density at radius 3 is 2.43 bits per heavy atom. The molecule has 1 amide bonds. The first-order valence-electron chi connectivity index (χ1n) is 11.6. The summed E-state index contributed by atoms with van der Waals surface area (Å²) in [4.78, 5) is 22.9. The number of hydrogen-bond acceptors (Lipinski definition) is 5. The number of benzene rings is 1. The monoisotopic (exact) mass is 413 g/mol. The minimum absolute atomic E-state index is 0.0787. The number of carbonyl (C=O) groups excluding carboxylic acids is 1. The largest absolute Gasteiger partial charge is 0.393 e. The van der Waals surface area contributed by atoms with E-state index in [-0.39, 0.29) is 25.2 Å². The van der Waals surface area contributed by atoms with Gasteiger partial charge in [0.05, 0.1) is 12.3 Å². The van der Waals surface area contributed by atoms with Gasteiger partial charge in [-0.05, 0) is 56.4 Å². The number of likely N-dealkylation sites (tertiary alicyclic amines) is 1. The zero-order chi connectivity index (χ0) is 21.1. The summed E-state index contributed by atoms with van der Waals surface area (Å²) in [5, 5.41) is 13.0. The molecule has 1 N–H and O–H groups in total. The molecule has 0 aromatic heterocycles. The van der Waals surface area contributed by atoms with Crippen LogP contribution in [0.2, 0.25) is 0 Å². The maximum absolute atomic E-state index is 13.2. The highest BCUT2D eigenvalue weighted by Crippen LogP contribution is 2.36. The summed E-state index contributed by atoms with van der Waals surface area (Å²) >= 11 is 0. The summed E-state index contributed by atoms with van der Waals surface area (Å²) < 4.78 is 0. The molecule has 3 aliphatic rings. The van der Waals surface area contributed by atoms with Crippen molar-refractivity contribution in [3.05, 3.63) is 29.8 Å². The quantitative estimate of drug-likeness (QED) is 0.573. The lowest BCUT2D eigenvalue weighted by atomic mass is 9.79. The number of carbonyl (C=O) groups is 1. The van der Waals surface area contributed by atoms with Crippen LogP contribution in [0.5, 0.6) is 0 Å². The Bertz CT molecular complexity index is 763. The van der Waals surface area contributed by atoms with Gasteiger partial charge >= 0.3 is 0 Å². The number of anilines is 1. The molecule has 4 rings (SSSR count). The second-order valence-corrected chi connectivity index (χ2v) is 9.27. The van der Waals surface area contributed by atoms with Crippen LogP contribution in [-0.2, 0) is 9.63 Å². The molecule has 0 radical (unpaired) electrons. The van der Waals surface area contributed by atoms with Crippen molar-refractivity contribution in [3.8, 4) is 0 Å². The molecule has 164 valence electrons. The Hall–Kier alpha value is -1.92. The third-order valence-electron chi connectivity index (χ3n) is 7.24. The topological polar surface area (TPSA) is 65.4 Å². The zero-order valence-electron chi connectivity index (χ0n) is 18.3. The van der Waals surface area contributed by atoms with Gasteiger partial charge in [-0.1, -0.05) is 37.2 Å². The van der Waals surface area contributed by atoms with Crippen molar-refractivity contribution in [2.45, 2.75) is 64.5 Å². The molecule has 1 aromatic rings. The van der Waals surface area contributed by atoms with E-state index < -0.39 is 0 Å². The Morgan fingerprint density at radius 2 is 1.77 bits per heavy atom. The highest BCUT2D eigenvalue weighted by molar-refractivity contribution is 6.54. The molecule has 1 aliphatic carbocycles. The summed E-state index contributed by atoms with van der Waals surface area (Å²) in [6, 6.07) is 8.74. The number of piperidine rings is 1. The fourth-order valence-electron chi connectivity index (χ4n) is 5.47. The molecule has 30 heavy (non-hydrogen) atoms. The van der Waals surface area contributed by atoms with Gasteiger partial charge in [0.1, 0.15) is 6.61 Å². The second kappa shape index (κ2) is 9.48. The fourth-order valence-corrected chi connectivity index (χ4v) is 5.47. The second-order valence-electron chi connectivity index (χ2n) is 9.27. The summed E-state index contributed by atoms with van der Waals surface area (Å²) in [6.45, 7) is 6.80. The van der Waals surface area contributed by atoms with Crippen LogP contribution in [0, 0.1) is 11.8 Å². The minimum atomic E-state index is -0.117. The van der Waals surface area contributed by atoms with Gasteiger partial charge in [0, 0.05) is 30.7 Å². The van der Waals surface area contributed by atoms with Crippen molar-refractivity contribution in [2.75, 3.05) is 31.2 Å². The van der Waals surface area contributed by atoms with Gasteiger partial charge in [-0.15, -0.1) is 0 Å². The van der Waals surface area contributed by atoms with E-state index in [1.54, 1.807) is 0 Å². The van der Waals surface area contributed by atoms with Gasteiger partial charge in [-0.2, -0.15) is 0 Å². The maximum atomic E-state index is 13.2. The van der Waals surface area contributed by atoms with Gasteiger partial charge in [-0.3, -0.25) is 4.79 Å². The molecule has 6 nitrogen and oxygen atoms in total. The van der Waals surface area contributed by atoms with Crippen molar-refractivity contribution < 1.29 is 14.7 Å². The predicted molar refractivity (Wildman–Crippen MR) is 119 cm³/mol. The molecule has 0 unspecified atom stereocenters. The standard InChI is InChI=1S/C24H35N3O3/c1-17(2)18-7-9-19(10-8-18)26-13-11-20(12-14-26)27-22-6-4-3-5-21(22)23(24(27)29)25-30-16-15-28/h3-6,17-20,28H,7-16H2,1-2H3. The van der Waals surface area contributed by atoms with E-state index in [1.807, 2.05) is 29.2 Å². The number of aliphatic hydroxyl groups excluding tert-OH is 1. The summed E-state index contributed by atoms with van der Waals surface area (Å²) in [5.41, 5.74) is 2.12. The van der Waals surface area contributed by atoms with Gasteiger partial charge in [0.2, 0.25) is 0 Å². The van der Waals surface area contributed by atoms with E-state index >= 15 is 0 Å². The number of rotatable bonds is 6. The molecular formula is C24H35N3O3. The average Bonchev–Trinajstić information content (AvgIpc) is 3.05. The summed E-state index contributed by atoms with van der Waals surface area (Å²) in [6.07, 6.45) is 7.34. The van der Waals surface area contributed by atoms with Crippen LogP contribution in [0.4, 0.5) is 5.69 Å². The maximum Gasteiger partial charge on any atom is 0.281 e. The van der Waals surface area contributed by atoms with E-state index in [1.165, 1.54) is 25.7 Å². The van der Waals surface area contributed by atoms with E-state index in [0.717, 1.165) is 49.0 Å². The average molecular weight is 414 g/mol. The molecule has 2 fully saturated rings. The first-order valence-corrected chi connectivity index (χ1v) is 11.6. The number of nitrogens with zero attached hydrogens (tertiary/aromatic N) is 3. The Kier molecular flexibility index (Phi) is 6.74. The van der Waals surface area contributed by atoms with Crippen LogP contribution in [0.25, 0.3) is 0 Å². The number of aliphatic hydroxyl groups is 1. The Balaban J connectivity index is 1.40. The highest BCUT2D eigenvalue weighted by atomic mass is 16.6. The third-order valence-corrected chi connectivity index (χ3v) is 7.24. The number of para-hydroxylation sites is 1. The molecule has 6 heteroatoms. The molecule has 0 bridgehead atoms. The molecule has 1 aromatic carbocycles. The fraction of sp³-hybridized carbons (Fsp3) is 0.667. The lowest BCUT2D eigenvalue weighted by Gasteiger charge is -2.43. The van der Waals surface area contributed by atoms with Crippen molar-refractivity contribution in [1.82, 2.24) is 4.90 Å². The molecule has 2 aliphatic heterocycles. The van der Waals surface area contributed by atoms with E-state index in [0.29, 0.717) is 11.8 Å². The van der Waals surface area contributed by atoms with Crippen LogP contribution in [0.1, 0.15) is 57.9 Å².